The van der Waals surface area contributed by atoms with Crippen LogP contribution in [0.25, 0.3) is 0 Å². The van der Waals surface area contributed by atoms with E-state index in [9.17, 15) is 0 Å². The van der Waals surface area contributed by atoms with Crippen LogP contribution in [0.4, 0.5) is 0 Å². The van der Waals surface area contributed by atoms with Crippen molar-refractivity contribution in [3.63, 3.8) is 0 Å². The molecule has 0 spiro atoms. The molecule has 14 heavy (non-hydrogen) atoms. The van der Waals surface area contributed by atoms with Gasteiger partial charge in [-0.1, -0.05) is 0 Å². The summed E-state index contributed by atoms with van der Waals surface area (Å²) in [5.74, 6) is 0. The van der Waals surface area contributed by atoms with E-state index < -0.39 is 0 Å². The SMILES string of the molecule is CC(C)(CO)C[Se][Se]CC(C)(C)CO. The Bertz CT molecular complexity index is 140. The number of aliphatic hydroxyl groups excluding tert-OH is 2. The molecule has 0 fully saturated rings. The van der Waals surface area contributed by atoms with E-state index in [0.717, 1.165) is 10.6 Å². The van der Waals surface area contributed by atoms with E-state index in [0.29, 0.717) is 26.3 Å². The molecule has 0 aromatic heterocycles. The fourth-order valence-corrected chi connectivity index (χ4v) is 11.3. The van der Waals surface area contributed by atoms with Crippen molar-refractivity contribution in [1.29, 1.82) is 0 Å². The van der Waals surface area contributed by atoms with Crippen LogP contribution in [0.15, 0.2) is 0 Å². The van der Waals surface area contributed by atoms with Gasteiger partial charge in [-0.15, -0.1) is 0 Å². The number of rotatable bonds is 7. The summed E-state index contributed by atoms with van der Waals surface area (Å²) in [4.78, 5) is 0. The van der Waals surface area contributed by atoms with Crippen molar-refractivity contribution in [3.8, 4) is 0 Å². The van der Waals surface area contributed by atoms with Gasteiger partial charge in [-0.25, -0.2) is 0 Å². The van der Waals surface area contributed by atoms with Crippen molar-refractivity contribution < 1.29 is 10.2 Å². The Labute approximate surface area is 98.7 Å². The summed E-state index contributed by atoms with van der Waals surface area (Å²) in [6, 6.07) is 0. The molecule has 0 aromatic carbocycles. The van der Waals surface area contributed by atoms with Gasteiger partial charge in [-0.3, -0.25) is 0 Å². The molecule has 2 N–H and O–H groups in total. The normalized spacial score (nSPS) is 13.3. The second kappa shape index (κ2) is 6.52. The Morgan fingerprint density at radius 1 is 0.786 bits per heavy atom. The first-order chi connectivity index (χ1) is 6.33. The van der Waals surface area contributed by atoms with Gasteiger partial charge in [0.1, 0.15) is 0 Å². The average molecular weight is 332 g/mol. The molecule has 2 nitrogen and oxygen atoms in total. The van der Waals surface area contributed by atoms with Gasteiger partial charge >= 0.3 is 98.9 Å². The molecule has 0 atom stereocenters. The molecule has 0 unspecified atom stereocenters. The Balaban J connectivity index is 3.57. The fraction of sp³-hybridized carbons (Fsp3) is 1.00. The maximum atomic E-state index is 9.08. The summed E-state index contributed by atoms with van der Waals surface area (Å²) in [7, 11) is 0. The van der Waals surface area contributed by atoms with E-state index in [1.807, 2.05) is 0 Å². The van der Waals surface area contributed by atoms with Crippen molar-refractivity contribution in [2.45, 2.75) is 38.3 Å². The Kier molecular flexibility index (Phi) is 6.97. The van der Waals surface area contributed by atoms with E-state index in [4.69, 9.17) is 10.2 Å². The van der Waals surface area contributed by atoms with Gasteiger partial charge in [0.05, 0.1) is 0 Å². The third-order valence-corrected chi connectivity index (χ3v) is 10.3. The molecule has 4 heteroatoms. The van der Waals surface area contributed by atoms with Crippen LogP contribution in [0.3, 0.4) is 0 Å². The average Bonchev–Trinajstić information content (AvgIpc) is 2.13. The van der Waals surface area contributed by atoms with E-state index in [1.165, 1.54) is 0 Å². The molecular weight excluding hydrogens is 310 g/mol. The van der Waals surface area contributed by atoms with E-state index in [2.05, 4.69) is 27.7 Å². The molecule has 0 heterocycles. The van der Waals surface area contributed by atoms with E-state index in [1.54, 1.807) is 0 Å². The first-order valence-corrected chi connectivity index (χ1v) is 11.5. The van der Waals surface area contributed by atoms with Gasteiger partial charge in [0.2, 0.25) is 0 Å². The summed E-state index contributed by atoms with van der Waals surface area (Å²) in [6.45, 7) is 9.02. The Morgan fingerprint density at radius 3 is 1.29 bits per heavy atom. The van der Waals surface area contributed by atoms with Crippen molar-refractivity contribution >= 4 is 26.3 Å². The van der Waals surface area contributed by atoms with Gasteiger partial charge < -0.3 is 0 Å². The van der Waals surface area contributed by atoms with E-state index >= 15 is 0 Å². The van der Waals surface area contributed by atoms with Crippen LogP contribution in [-0.4, -0.2) is 49.7 Å². The maximum absolute atomic E-state index is 9.08. The number of hydrogen-bond acceptors (Lipinski definition) is 2. The van der Waals surface area contributed by atoms with Crippen molar-refractivity contribution in [3.05, 3.63) is 0 Å². The van der Waals surface area contributed by atoms with Crippen molar-refractivity contribution in [2.24, 2.45) is 10.8 Å². The van der Waals surface area contributed by atoms with Crippen LogP contribution >= 0.6 is 0 Å². The summed E-state index contributed by atoms with van der Waals surface area (Å²) < 4.78 is 0. The second-order valence-electron chi connectivity index (χ2n) is 5.17. The first-order valence-electron chi connectivity index (χ1n) is 4.79. The van der Waals surface area contributed by atoms with Gasteiger partial charge in [0.25, 0.3) is 0 Å². The molecule has 0 saturated carbocycles. The molecular formula is C10H22O2Se2. The van der Waals surface area contributed by atoms with E-state index in [-0.39, 0.29) is 24.0 Å². The number of aliphatic hydroxyl groups is 2. The van der Waals surface area contributed by atoms with Gasteiger partial charge in [-0.2, -0.15) is 0 Å². The van der Waals surface area contributed by atoms with Crippen LogP contribution < -0.4 is 0 Å². The third-order valence-electron chi connectivity index (χ3n) is 1.84. The molecule has 0 aliphatic heterocycles. The molecule has 0 radical (unpaired) electrons. The quantitative estimate of drug-likeness (QED) is 0.543. The van der Waals surface area contributed by atoms with Gasteiger partial charge in [-0.05, 0) is 0 Å². The van der Waals surface area contributed by atoms with Crippen molar-refractivity contribution in [2.75, 3.05) is 13.2 Å². The van der Waals surface area contributed by atoms with Crippen LogP contribution in [0, 0.1) is 10.8 Å². The molecule has 0 saturated heterocycles. The van der Waals surface area contributed by atoms with Crippen LogP contribution in [0.2, 0.25) is 10.6 Å². The standard InChI is InChI=1S/C10H22O2Se2/c1-9(2,5-11)7-13-14-8-10(3,4)6-12/h11-12H,5-8H2,1-4H3. The number of hydrogen-bond donors (Lipinski definition) is 2. The molecule has 0 amide bonds. The van der Waals surface area contributed by atoms with Gasteiger partial charge in [0, 0.05) is 0 Å². The third kappa shape index (κ3) is 7.28. The predicted molar refractivity (Wildman–Crippen MR) is 62.9 cm³/mol. The topological polar surface area (TPSA) is 40.5 Å². The molecule has 0 aromatic rings. The summed E-state index contributed by atoms with van der Waals surface area (Å²) in [5.41, 5.74) is 0.205. The van der Waals surface area contributed by atoms with Crippen LogP contribution in [0.1, 0.15) is 27.7 Å². The molecule has 0 aliphatic rings. The molecule has 86 valence electrons. The summed E-state index contributed by atoms with van der Waals surface area (Å²) in [5, 5.41) is 20.5. The van der Waals surface area contributed by atoms with Crippen molar-refractivity contribution in [1.82, 2.24) is 0 Å². The second-order valence-corrected chi connectivity index (χ2v) is 12.5. The Morgan fingerprint density at radius 2 is 1.07 bits per heavy atom. The zero-order valence-corrected chi connectivity index (χ0v) is 13.0. The zero-order chi connectivity index (χ0) is 11.2. The summed E-state index contributed by atoms with van der Waals surface area (Å²) in [6.07, 6.45) is 0. The van der Waals surface area contributed by atoms with Crippen LogP contribution in [0.5, 0.6) is 0 Å². The van der Waals surface area contributed by atoms with Crippen LogP contribution in [-0.2, 0) is 0 Å². The fourth-order valence-electron chi connectivity index (χ4n) is 0.494. The van der Waals surface area contributed by atoms with Gasteiger partial charge in [0.15, 0.2) is 0 Å². The Hall–Kier alpha value is 0.959. The predicted octanol–water partition coefficient (Wildman–Crippen LogP) is 1.18. The summed E-state index contributed by atoms with van der Waals surface area (Å²) >= 11 is 1.32. The first kappa shape index (κ1) is 15.0. The zero-order valence-electron chi connectivity index (χ0n) is 9.54. The monoisotopic (exact) mass is 334 g/mol. The molecule has 0 bridgehead atoms. The minimum absolute atomic E-state index is 0.102. The minimum atomic E-state index is 0.102. The molecule has 0 aliphatic carbocycles. The molecule has 0 rings (SSSR count).